The van der Waals surface area contributed by atoms with E-state index in [1.165, 1.54) is 17.7 Å². The maximum atomic E-state index is 12.7. The molecular weight excluding hydrogens is 725 g/mol. The Labute approximate surface area is 338 Å². The number of carbonyl (C=O) groups is 2. The number of methoxy groups -OCH3 is 1. The first-order chi connectivity index (χ1) is 27.7. The molecule has 5 rings (SSSR count). The molecule has 1 spiro atoms. The first kappa shape index (κ1) is 43.8. The number of ether oxygens (including phenoxy) is 7. The number of hydrogen-bond donors (Lipinski definition) is 2. The second-order valence-electron chi connectivity index (χ2n) is 15.0. The summed E-state index contributed by atoms with van der Waals surface area (Å²) in [6.45, 7) is 11.3. The number of esters is 1. The third kappa shape index (κ3) is 14.2. The van der Waals surface area contributed by atoms with Gasteiger partial charge in [0.1, 0.15) is 35.8 Å². The molecule has 0 aromatic heterocycles. The van der Waals surface area contributed by atoms with Crippen LogP contribution in [0.2, 0.25) is 0 Å². The van der Waals surface area contributed by atoms with Crippen LogP contribution in [0.1, 0.15) is 51.2 Å². The summed E-state index contributed by atoms with van der Waals surface area (Å²) in [7, 11) is 1.67. The molecule has 57 heavy (non-hydrogen) atoms. The largest absolute Gasteiger partial charge is 0.489 e. The van der Waals surface area contributed by atoms with Gasteiger partial charge in [0.25, 0.3) is 0 Å². The lowest BCUT2D eigenvalue weighted by molar-refractivity contribution is -0.166. The fraction of sp³-hybridized carbons (Fsp3) is 0.478. The third-order valence-electron chi connectivity index (χ3n) is 10.4. The van der Waals surface area contributed by atoms with Gasteiger partial charge in [-0.05, 0) is 63.3 Å². The molecule has 11 heteroatoms. The molecule has 1 aliphatic carbocycles. The molecule has 2 N–H and O–H groups in total. The molecule has 2 saturated heterocycles. The number of allylic oxidation sites excluding steroid dienone is 7. The lowest BCUT2D eigenvalue weighted by atomic mass is 9.68. The molecule has 6 unspecified atom stereocenters. The average molecular weight is 785 g/mol. The van der Waals surface area contributed by atoms with Gasteiger partial charge in [0.2, 0.25) is 5.91 Å². The van der Waals surface area contributed by atoms with Crippen LogP contribution >= 0.6 is 0 Å². The van der Waals surface area contributed by atoms with Crippen molar-refractivity contribution in [1.82, 2.24) is 10.6 Å². The summed E-state index contributed by atoms with van der Waals surface area (Å²) in [6.07, 6.45) is 17.0. The van der Waals surface area contributed by atoms with Crippen LogP contribution in [0.25, 0.3) is 0 Å². The Bertz CT molecular complexity index is 1710. The van der Waals surface area contributed by atoms with E-state index >= 15 is 0 Å². The van der Waals surface area contributed by atoms with Crippen LogP contribution in [-0.4, -0.2) is 94.6 Å². The van der Waals surface area contributed by atoms with Gasteiger partial charge in [-0.25, -0.2) is 4.79 Å². The van der Waals surface area contributed by atoms with Crippen LogP contribution in [0.4, 0.5) is 0 Å². The van der Waals surface area contributed by atoms with Gasteiger partial charge in [-0.15, -0.1) is 0 Å². The van der Waals surface area contributed by atoms with Gasteiger partial charge < -0.3 is 43.8 Å². The monoisotopic (exact) mass is 784 g/mol. The molecule has 3 fully saturated rings. The average Bonchev–Trinajstić information content (AvgIpc) is 4.13. The zero-order valence-electron chi connectivity index (χ0n) is 33.9. The molecule has 3 aliphatic rings. The van der Waals surface area contributed by atoms with Crippen molar-refractivity contribution in [3.05, 3.63) is 126 Å². The van der Waals surface area contributed by atoms with Crippen LogP contribution in [0, 0.1) is 5.92 Å². The van der Waals surface area contributed by atoms with Crippen molar-refractivity contribution in [2.24, 2.45) is 5.92 Å². The Morgan fingerprint density at radius 1 is 0.877 bits per heavy atom. The number of benzene rings is 2. The lowest BCUT2D eigenvalue weighted by Crippen LogP contribution is -2.55. The van der Waals surface area contributed by atoms with Crippen molar-refractivity contribution in [3.63, 3.8) is 0 Å². The standard InChI is InChI=1S/C46H60N2O9/c1-35(2)21-22-40-45(3,57-40)44-43(51-4)39(23-24-46(44)34-55-46)56-42(50)20-13-8-6-5-7-12-19-41(49)48-26-28-53-30-29-52-27-25-47-32-37-17-14-18-38(31-37)54-33-36-15-10-9-11-16-36/h5-21,31,39-40,43-44,47H,22-30,32-34H2,1-4H3,(H,48,49)/b7-5+,8-6+,19-12+,20-13+. The van der Waals surface area contributed by atoms with Crippen molar-refractivity contribution in [1.29, 1.82) is 0 Å². The van der Waals surface area contributed by atoms with Crippen molar-refractivity contribution in [3.8, 4) is 5.75 Å². The zero-order chi connectivity index (χ0) is 40.4. The van der Waals surface area contributed by atoms with E-state index in [1.807, 2.05) is 48.5 Å². The summed E-state index contributed by atoms with van der Waals surface area (Å²) in [5, 5.41) is 6.17. The Hall–Kier alpha value is -4.36. The molecule has 308 valence electrons. The first-order valence-electron chi connectivity index (χ1n) is 20.0. The highest BCUT2D eigenvalue weighted by Crippen LogP contribution is 2.59. The van der Waals surface area contributed by atoms with Crippen LogP contribution in [0.3, 0.4) is 0 Å². The molecule has 1 saturated carbocycles. The molecule has 6 atom stereocenters. The molecule has 2 aromatic rings. The predicted molar refractivity (Wildman–Crippen MR) is 220 cm³/mol. The molecule has 2 heterocycles. The van der Waals surface area contributed by atoms with Crippen LogP contribution in [0.5, 0.6) is 5.75 Å². The number of rotatable bonds is 24. The van der Waals surface area contributed by atoms with Crippen LogP contribution < -0.4 is 15.4 Å². The van der Waals surface area contributed by atoms with E-state index < -0.39 is 5.97 Å². The number of hydrogen-bond acceptors (Lipinski definition) is 10. The second-order valence-corrected chi connectivity index (χ2v) is 15.0. The number of nitrogens with one attached hydrogen (secondary N) is 2. The molecule has 0 bridgehead atoms. The highest BCUT2D eigenvalue weighted by Gasteiger charge is 2.72. The van der Waals surface area contributed by atoms with Gasteiger partial charge in [-0.1, -0.05) is 90.6 Å². The SMILES string of the molecule is COC1C(OC(=O)/C=C/C=C/C=C/C=C/C(=O)NCCOCCOCCNCc2cccc(OCc3ccccc3)c2)CCC2(CO2)C1C1(C)OC1CC=C(C)C. The molecule has 0 radical (unpaired) electrons. The summed E-state index contributed by atoms with van der Waals surface area (Å²) in [5.41, 5.74) is 2.90. The number of epoxide rings is 2. The molecule has 11 nitrogen and oxygen atoms in total. The van der Waals surface area contributed by atoms with Crippen molar-refractivity contribution in [2.75, 3.05) is 53.2 Å². The summed E-state index contributed by atoms with van der Waals surface area (Å²) in [4.78, 5) is 24.8. The van der Waals surface area contributed by atoms with Gasteiger partial charge in [-0.2, -0.15) is 0 Å². The minimum Gasteiger partial charge on any atom is -0.489 e. The second kappa shape index (κ2) is 22.5. The van der Waals surface area contributed by atoms with E-state index in [9.17, 15) is 9.59 Å². The van der Waals surface area contributed by atoms with E-state index in [0.717, 1.165) is 42.8 Å². The van der Waals surface area contributed by atoms with Crippen molar-refractivity contribution < 1.29 is 42.7 Å². The quantitative estimate of drug-likeness (QED) is 0.0311. The summed E-state index contributed by atoms with van der Waals surface area (Å²) >= 11 is 0. The van der Waals surface area contributed by atoms with Gasteiger partial charge in [-0.3, -0.25) is 4.79 Å². The third-order valence-corrected chi connectivity index (χ3v) is 10.4. The lowest BCUT2D eigenvalue weighted by Gasteiger charge is -2.42. The molecule has 2 aromatic carbocycles. The van der Waals surface area contributed by atoms with E-state index in [0.29, 0.717) is 52.6 Å². The van der Waals surface area contributed by atoms with E-state index in [-0.39, 0.29) is 41.3 Å². The topological polar surface area (TPSA) is 129 Å². The Morgan fingerprint density at radius 2 is 1.58 bits per heavy atom. The minimum atomic E-state index is -0.425. The van der Waals surface area contributed by atoms with Gasteiger partial charge in [0, 0.05) is 38.9 Å². The fourth-order valence-corrected chi connectivity index (χ4v) is 7.28. The molecule has 1 amide bonds. The van der Waals surface area contributed by atoms with Crippen molar-refractivity contribution in [2.45, 2.75) is 82.7 Å². The van der Waals surface area contributed by atoms with E-state index in [2.05, 4.69) is 43.5 Å². The van der Waals surface area contributed by atoms with Gasteiger partial charge in [0.05, 0.1) is 45.1 Å². The maximum absolute atomic E-state index is 12.7. The predicted octanol–water partition coefficient (Wildman–Crippen LogP) is 6.35. The van der Waals surface area contributed by atoms with Crippen LogP contribution in [0.15, 0.2) is 115 Å². The van der Waals surface area contributed by atoms with E-state index in [1.54, 1.807) is 43.6 Å². The molecule has 2 aliphatic heterocycles. The number of amides is 1. The molecular formula is C46H60N2O9. The smallest absolute Gasteiger partial charge is 0.331 e. The van der Waals surface area contributed by atoms with Crippen LogP contribution in [-0.2, 0) is 51.2 Å². The summed E-state index contributed by atoms with van der Waals surface area (Å²) < 4.78 is 41.2. The van der Waals surface area contributed by atoms with Gasteiger partial charge >= 0.3 is 5.97 Å². The first-order valence-corrected chi connectivity index (χ1v) is 20.0. The normalized spacial score (nSPS) is 25.4. The summed E-state index contributed by atoms with van der Waals surface area (Å²) in [5.74, 6) is 0.189. The maximum Gasteiger partial charge on any atom is 0.331 e. The van der Waals surface area contributed by atoms with Gasteiger partial charge in [0.15, 0.2) is 0 Å². The number of carbonyl (C=O) groups excluding carboxylic acids is 2. The fourth-order valence-electron chi connectivity index (χ4n) is 7.28. The van der Waals surface area contributed by atoms with Crippen molar-refractivity contribution >= 4 is 11.9 Å². The zero-order valence-corrected chi connectivity index (χ0v) is 33.9. The minimum absolute atomic E-state index is 0.0210. The highest BCUT2D eigenvalue weighted by molar-refractivity contribution is 5.87. The summed E-state index contributed by atoms with van der Waals surface area (Å²) in [6, 6.07) is 18.2. The Balaban J connectivity index is 0.864. The highest BCUT2D eigenvalue weighted by atomic mass is 16.6. The Kier molecular flexibility index (Phi) is 17.3. The Morgan fingerprint density at radius 3 is 2.30 bits per heavy atom. The van der Waals surface area contributed by atoms with E-state index in [4.69, 9.17) is 33.2 Å².